The lowest BCUT2D eigenvalue weighted by atomic mass is 10.2. The largest absolute Gasteiger partial charge is 0.509 e. The van der Waals surface area contributed by atoms with Gasteiger partial charge in [-0.15, -0.1) is 0 Å². The maximum atomic E-state index is 10.9. The van der Waals surface area contributed by atoms with Crippen molar-refractivity contribution < 1.29 is 23.7 Å². The van der Waals surface area contributed by atoms with Crippen LogP contribution in [0.3, 0.4) is 0 Å². The van der Waals surface area contributed by atoms with Crippen molar-refractivity contribution in [3.05, 3.63) is 0 Å². The number of carbonyl (C=O) groups is 1. The highest BCUT2D eigenvalue weighted by Gasteiger charge is 2.13. The van der Waals surface area contributed by atoms with Crippen LogP contribution < -0.4 is 0 Å². The standard InChI is InChI=1S/C11H19ClO5/c1-9(12)17-11(13)16-8-4-7-15-10-5-2-3-6-14-10/h9-10H,2-8H2,1H3. The van der Waals surface area contributed by atoms with Gasteiger partial charge in [0.15, 0.2) is 11.9 Å². The zero-order chi connectivity index (χ0) is 12.5. The minimum atomic E-state index is -0.749. The van der Waals surface area contributed by atoms with Gasteiger partial charge in [-0.05, 0) is 26.2 Å². The van der Waals surface area contributed by atoms with Crippen molar-refractivity contribution in [2.75, 3.05) is 19.8 Å². The highest BCUT2D eigenvalue weighted by atomic mass is 35.5. The van der Waals surface area contributed by atoms with Crippen LogP contribution in [0, 0.1) is 0 Å². The van der Waals surface area contributed by atoms with Gasteiger partial charge >= 0.3 is 6.16 Å². The van der Waals surface area contributed by atoms with Gasteiger partial charge in [-0.1, -0.05) is 11.6 Å². The second-order valence-electron chi connectivity index (χ2n) is 3.78. The molecule has 0 amide bonds. The number of alkyl halides is 1. The molecule has 0 aromatic rings. The third-order valence-electron chi connectivity index (χ3n) is 2.21. The normalized spacial score (nSPS) is 21.9. The van der Waals surface area contributed by atoms with Gasteiger partial charge in [-0.2, -0.15) is 0 Å². The van der Waals surface area contributed by atoms with Crippen molar-refractivity contribution in [2.24, 2.45) is 0 Å². The lowest BCUT2D eigenvalue weighted by molar-refractivity contribution is -0.163. The van der Waals surface area contributed by atoms with E-state index in [4.69, 9.17) is 25.8 Å². The zero-order valence-electron chi connectivity index (χ0n) is 10.0. The Bertz CT molecular complexity index is 216. The molecule has 5 nitrogen and oxygen atoms in total. The van der Waals surface area contributed by atoms with Gasteiger partial charge < -0.3 is 18.9 Å². The quantitative estimate of drug-likeness (QED) is 0.420. The third-order valence-corrected chi connectivity index (χ3v) is 2.30. The van der Waals surface area contributed by atoms with Crippen molar-refractivity contribution in [3.8, 4) is 0 Å². The molecule has 0 aromatic carbocycles. The molecule has 0 N–H and O–H groups in total. The first-order chi connectivity index (χ1) is 8.18. The first-order valence-electron chi connectivity index (χ1n) is 5.89. The van der Waals surface area contributed by atoms with Gasteiger partial charge in [-0.3, -0.25) is 0 Å². The van der Waals surface area contributed by atoms with E-state index in [1.807, 2.05) is 0 Å². The smallest absolute Gasteiger partial charge is 0.434 e. The maximum Gasteiger partial charge on any atom is 0.509 e. The number of carbonyl (C=O) groups excluding carboxylic acids is 1. The van der Waals surface area contributed by atoms with Crippen LogP contribution >= 0.6 is 11.6 Å². The van der Waals surface area contributed by atoms with Gasteiger partial charge in [0.1, 0.15) is 0 Å². The second kappa shape index (κ2) is 8.55. The summed E-state index contributed by atoms with van der Waals surface area (Å²) in [6.45, 7) is 3.08. The van der Waals surface area contributed by atoms with Crippen molar-refractivity contribution in [1.29, 1.82) is 0 Å². The van der Waals surface area contributed by atoms with Crippen LogP contribution in [0.15, 0.2) is 0 Å². The van der Waals surface area contributed by atoms with Crippen LogP contribution in [0.4, 0.5) is 4.79 Å². The SMILES string of the molecule is CC(Cl)OC(=O)OCCCOC1CCCCO1. The highest BCUT2D eigenvalue weighted by molar-refractivity contribution is 6.19. The van der Waals surface area contributed by atoms with Crippen molar-refractivity contribution in [2.45, 2.75) is 44.5 Å². The Morgan fingerprint density at radius 1 is 1.47 bits per heavy atom. The molecule has 1 heterocycles. The molecule has 6 heteroatoms. The number of ether oxygens (including phenoxy) is 4. The Hall–Kier alpha value is -0.520. The zero-order valence-corrected chi connectivity index (χ0v) is 10.8. The van der Waals surface area contributed by atoms with Crippen molar-refractivity contribution in [1.82, 2.24) is 0 Å². The van der Waals surface area contributed by atoms with E-state index < -0.39 is 11.7 Å². The third kappa shape index (κ3) is 7.41. The van der Waals surface area contributed by atoms with Crippen LogP contribution in [0.5, 0.6) is 0 Å². The van der Waals surface area contributed by atoms with Crippen LogP contribution in [0.2, 0.25) is 0 Å². The molecule has 2 unspecified atom stereocenters. The van der Waals surface area contributed by atoms with Gasteiger partial charge in [-0.25, -0.2) is 4.79 Å². The predicted octanol–water partition coefficient (Wildman–Crippen LogP) is 2.66. The molecule has 17 heavy (non-hydrogen) atoms. The molecule has 2 atom stereocenters. The molecular weight excluding hydrogens is 248 g/mol. The Kier molecular flexibility index (Phi) is 7.32. The van der Waals surface area contributed by atoms with Crippen LogP contribution in [0.1, 0.15) is 32.6 Å². The maximum absolute atomic E-state index is 10.9. The summed E-state index contributed by atoms with van der Waals surface area (Å²) in [5.41, 5.74) is -0.672. The van der Waals surface area contributed by atoms with E-state index in [1.165, 1.54) is 0 Å². The van der Waals surface area contributed by atoms with Gasteiger partial charge in [0.05, 0.1) is 13.2 Å². The van der Waals surface area contributed by atoms with Gasteiger partial charge in [0, 0.05) is 13.0 Å². The van der Waals surface area contributed by atoms with E-state index in [-0.39, 0.29) is 12.9 Å². The van der Waals surface area contributed by atoms with E-state index in [9.17, 15) is 4.79 Å². The average molecular weight is 267 g/mol. The van der Waals surface area contributed by atoms with E-state index >= 15 is 0 Å². The summed E-state index contributed by atoms with van der Waals surface area (Å²) in [7, 11) is 0. The molecule has 100 valence electrons. The molecule has 1 aliphatic heterocycles. The summed E-state index contributed by atoms with van der Waals surface area (Å²) in [5.74, 6) is 0. The summed E-state index contributed by atoms with van der Waals surface area (Å²) in [5, 5.41) is 0. The molecule has 0 radical (unpaired) electrons. The minimum Gasteiger partial charge on any atom is -0.434 e. The van der Waals surface area contributed by atoms with Gasteiger partial charge in [0.25, 0.3) is 0 Å². The molecule has 0 aliphatic carbocycles. The number of halogens is 1. The molecular formula is C11H19ClO5. The lowest BCUT2D eigenvalue weighted by Gasteiger charge is -2.22. The average Bonchev–Trinajstić information content (AvgIpc) is 2.29. The summed E-state index contributed by atoms with van der Waals surface area (Å²) in [4.78, 5) is 10.9. The number of hydrogen-bond acceptors (Lipinski definition) is 5. The molecule has 0 bridgehead atoms. The van der Waals surface area contributed by atoms with Crippen molar-refractivity contribution >= 4 is 17.8 Å². The molecule has 1 fully saturated rings. The fraction of sp³-hybridized carbons (Fsp3) is 0.909. The second-order valence-corrected chi connectivity index (χ2v) is 4.39. The minimum absolute atomic E-state index is 0.0986. The fourth-order valence-electron chi connectivity index (χ4n) is 1.44. The first kappa shape index (κ1) is 14.5. The molecule has 0 saturated carbocycles. The molecule has 1 saturated heterocycles. The Labute approximate surface area is 106 Å². The fourth-order valence-corrected chi connectivity index (χ4v) is 1.51. The first-order valence-corrected chi connectivity index (χ1v) is 6.33. The summed E-state index contributed by atoms with van der Waals surface area (Å²) in [6.07, 6.45) is 2.95. The predicted molar refractivity (Wildman–Crippen MR) is 61.9 cm³/mol. The van der Waals surface area contributed by atoms with Crippen molar-refractivity contribution in [3.63, 3.8) is 0 Å². The Balaban J connectivity index is 1.91. The summed E-state index contributed by atoms with van der Waals surface area (Å²) in [6, 6.07) is 0. The van der Waals surface area contributed by atoms with Crippen LogP contribution in [-0.2, 0) is 18.9 Å². The highest BCUT2D eigenvalue weighted by Crippen LogP contribution is 2.13. The van der Waals surface area contributed by atoms with Crippen LogP contribution in [0.25, 0.3) is 0 Å². The summed E-state index contributed by atoms with van der Waals surface area (Å²) >= 11 is 5.45. The van der Waals surface area contributed by atoms with Crippen LogP contribution in [-0.4, -0.2) is 37.8 Å². The van der Waals surface area contributed by atoms with E-state index in [0.29, 0.717) is 13.0 Å². The number of hydrogen-bond donors (Lipinski definition) is 0. The summed E-state index contributed by atoms with van der Waals surface area (Å²) < 4.78 is 20.2. The Morgan fingerprint density at radius 3 is 2.94 bits per heavy atom. The van der Waals surface area contributed by atoms with E-state index in [1.54, 1.807) is 6.92 Å². The molecule has 1 aliphatic rings. The molecule has 0 aromatic heterocycles. The van der Waals surface area contributed by atoms with E-state index in [0.717, 1.165) is 25.9 Å². The monoisotopic (exact) mass is 266 g/mol. The molecule has 0 spiro atoms. The lowest BCUT2D eigenvalue weighted by Crippen LogP contribution is -2.23. The number of rotatable bonds is 6. The van der Waals surface area contributed by atoms with E-state index in [2.05, 4.69) is 4.74 Å². The topological polar surface area (TPSA) is 54.0 Å². The Morgan fingerprint density at radius 2 is 2.29 bits per heavy atom. The molecule has 1 rings (SSSR count). The van der Waals surface area contributed by atoms with Gasteiger partial charge in [0.2, 0.25) is 0 Å².